The van der Waals surface area contributed by atoms with Gasteiger partial charge in [0.05, 0.1) is 6.21 Å². The number of hydrogen-bond acceptors (Lipinski definition) is 5. The summed E-state index contributed by atoms with van der Waals surface area (Å²) in [6.07, 6.45) is 3.10. The van der Waals surface area contributed by atoms with Crippen LogP contribution in [0.4, 0.5) is 5.69 Å². The predicted molar refractivity (Wildman–Crippen MR) is 123 cm³/mol. The third kappa shape index (κ3) is 4.93. The third-order valence-electron chi connectivity index (χ3n) is 4.32. The number of hydrogen-bond donors (Lipinski definition) is 3. The number of carbonyl (C=O) groups is 1. The van der Waals surface area contributed by atoms with Crippen molar-refractivity contribution in [2.45, 2.75) is 6.92 Å². The van der Waals surface area contributed by atoms with Gasteiger partial charge in [0.1, 0.15) is 0 Å². The molecule has 0 spiro atoms. The standard InChI is InChI=1S/C21H20N6O3S/c1-3-11-22-21(31)25-23-13-15-9-10-17-18(12-15)27(30)19(14(2)26(17)29)20(28)24-16-7-5-4-6-8-16/h3-10,12-13H,1,11H2,2H3,(H,24,28)(H2,22,25,31)/b23-13+. The number of nitrogens with one attached hydrogen (secondary N) is 3. The average molecular weight is 436 g/mol. The molecule has 158 valence electrons. The van der Waals surface area contributed by atoms with Crippen LogP contribution in [-0.4, -0.2) is 23.8 Å². The van der Waals surface area contributed by atoms with Crippen molar-refractivity contribution >= 4 is 46.2 Å². The number of anilines is 1. The molecule has 3 N–H and O–H groups in total. The Morgan fingerprint density at radius 2 is 1.90 bits per heavy atom. The number of rotatable bonds is 6. The number of fused-ring (bicyclic) bond motifs is 1. The predicted octanol–water partition coefficient (Wildman–Crippen LogP) is 1.65. The maximum absolute atomic E-state index is 13.0. The van der Waals surface area contributed by atoms with Crippen molar-refractivity contribution < 1.29 is 14.3 Å². The van der Waals surface area contributed by atoms with Gasteiger partial charge >= 0.3 is 11.6 Å². The molecule has 0 bridgehead atoms. The van der Waals surface area contributed by atoms with Crippen LogP contribution in [0.1, 0.15) is 21.7 Å². The number of amides is 1. The fourth-order valence-corrected chi connectivity index (χ4v) is 2.97. The summed E-state index contributed by atoms with van der Waals surface area (Å²) in [6.45, 7) is 5.50. The second-order valence-corrected chi connectivity index (χ2v) is 6.87. The van der Waals surface area contributed by atoms with E-state index < -0.39 is 5.91 Å². The maximum Gasteiger partial charge on any atom is 0.351 e. The summed E-state index contributed by atoms with van der Waals surface area (Å²) in [6, 6.07) is 13.3. The van der Waals surface area contributed by atoms with Crippen molar-refractivity contribution in [3.05, 3.63) is 88.6 Å². The molecule has 0 aliphatic heterocycles. The van der Waals surface area contributed by atoms with Gasteiger partial charge in [0.2, 0.25) is 0 Å². The lowest BCUT2D eigenvalue weighted by molar-refractivity contribution is -0.635. The minimum absolute atomic E-state index is 0.00217. The number of carbonyl (C=O) groups excluding carboxylic acids is 1. The summed E-state index contributed by atoms with van der Waals surface area (Å²) >= 11 is 5.04. The van der Waals surface area contributed by atoms with Gasteiger partial charge < -0.3 is 21.0 Å². The van der Waals surface area contributed by atoms with Gasteiger partial charge in [-0.2, -0.15) is 9.83 Å². The van der Waals surface area contributed by atoms with Crippen LogP contribution < -0.4 is 25.5 Å². The lowest BCUT2D eigenvalue weighted by Gasteiger charge is -2.11. The SMILES string of the molecule is C=CCNC(=S)N/N=C/c1ccc2c(c1)[n+]([O-])c(C(=O)Nc1ccccc1)c(C)[n+]2[O-]. The van der Waals surface area contributed by atoms with Crippen LogP contribution in [0.2, 0.25) is 0 Å². The van der Waals surface area contributed by atoms with Gasteiger partial charge in [0.15, 0.2) is 5.11 Å². The first-order valence-electron chi connectivity index (χ1n) is 9.26. The summed E-state index contributed by atoms with van der Waals surface area (Å²) in [4.78, 5) is 12.7. The highest BCUT2D eigenvalue weighted by atomic mass is 32.1. The van der Waals surface area contributed by atoms with Crippen molar-refractivity contribution in [3.8, 4) is 0 Å². The monoisotopic (exact) mass is 436 g/mol. The Bertz CT molecular complexity index is 1180. The molecule has 0 aliphatic rings. The van der Waals surface area contributed by atoms with Crippen LogP contribution in [0.5, 0.6) is 0 Å². The highest BCUT2D eigenvalue weighted by Crippen LogP contribution is 2.13. The second-order valence-electron chi connectivity index (χ2n) is 6.46. The zero-order chi connectivity index (χ0) is 22.4. The third-order valence-corrected chi connectivity index (χ3v) is 4.56. The molecule has 3 aromatic rings. The maximum atomic E-state index is 13.0. The van der Waals surface area contributed by atoms with E-state index in [1.54, 1.807) is 42.5 Å². The molecule has 31 heavy (non-hydrogen) atoms. The fourth-order valence-electron chi connectivity index (χ4n) is 2.84. The molecule has 2 aromatic carbocycles. The van der Waals surface area contributed by atoms with E-state index in [9.17, 15) is 15.2 Å². The van der Waals surface area contributed by atoms with Crippen molar-refractivity contribution in [1.29, 1.82) is 0 Å². The molecule has 1 aromatic heterocycles. The van der Waals surface area contributed by atoms with Crippen molar-refractivity contribution in [3.63, 3.8) is 0 Å². The highest BCUT2D eigenvalue weighted by Gasteiger charge is 2.31. The lowest BCUT2D eigenvalue weighted by Crippen LogP contribution is -2.47. The molecule has 9 nitrogen and oxygen atoms in total. The van der Waals surface area contributed by atoms with Crippen LogP contribution in [0.25, 0.3) is 11.0 Å². The van der Waals surface area contributed by atoms with Gasteiger partial charge in [0.25, 0.3) is 16.7 Å². The Morgan fingerprint density at radius 1 is 1.16 bits per heavy atom. The molecule has 0 aliphatic carbocycles. The van der Waals surface area contributed by atoms with Crippen LogP contribution in [0.15, 0.2) is 66.3 Å². The molecular formula is C21H20N6O3S. The van der Waals surface area contributed by atoms with E-state index in [-0.39, 0.29) is 22.4 Å². The Kier molecular flexibility index (Phi) is 6.73. The number of nitrogens with zero attached hydrogens (tertiary/aromatic N) is 3. The summed E-state index contributed by atoms with van der Waals surface area (Å²) < 4.78 is 1.02. The van der Waals surface area contributed by atoms with Gasteiger partial charge in [-0.1, -0.05) is 24.3 Å². The summed E-state index contributed by atoms with van der Waals surface area (Å²) in [7, 11) is 0. The number of hydrazone groups is 1. The summed E-state index contributed by atoms with van der Waals surface area (Å²) in [5.74, 6) is -0.676. The first kappa shape index (κ1) is 21.7. The molecule has 10 heteroatoms. The highest BCUT2D eigenvalue weighted by molar-refractivity contribution is 7.80. The smallest absolute Gasteiger partial charge is 0.351 e. The lowest BCUT2D eigenvalue weighted by atomic mass is 10.2. The summed E-state index contributed by atoms with van der Waals surface area (Å²) in [5, 5.41) is 35.5. The second kappa shape index (κ2) is 9.63. The minimum Gasteiger partial charge on any atom is -0.618 e. The molecule has 0 radical (unpaired) electrons. The quantitative estimate of drug-likeness (QED) is 0.135. The van der Waals surface area contributed by atoms with E-state index in [1.807, 2.05) is 0 Å². The van der Waals surface area contributed by atoms with Gasteiger partial charge in [0, 0.05) is 36.9 Å². The van der Waals surface area contributed by atoms with E-state index >= 15 is 0 Å². The van der Waals surface area contributed by atoms with E-state index in [0.717, 1.165) is 0 Å². The minimum atomic E-state index is -0.676. The number of aromatic nitrogens is 2. The zero-order valence-corrected chi connectivity index (χ0v) is 17.5. The molecule has 0 unspecified atom stereocenters. The van der Waals surface area contributed by atoms with E-state index in [0.29, 0.717) is 32.4 Å². The molecule has 1 amide bonds. The van der Waals surface area contributed by atoms with E-state index in [1.165, 1.54) is 25.3 Å². The molecule has 0 atom stereocenters. The van der Waals surface area contributed by atoms with E-state index in [4.69, 9.17) is 12.2 Å². The van der Waals surface area contributed by atoms with Crippen LogP contribution in [0.3, 0.4) is 0 Å². The number of thiocarbonyl (C=S) groups is 1. The van der Waals surface area contributed by atoms with Gasteiger partial charge in [-0.25, -0.2) is 0 Å². The van der Waals surface area contributed by atoms with Gasteiger partial charge in [-0.05, 0) is 30.4 Å². The largest absolute Gasteiger partial charge is 0.618 e. The summed E-state index contributed by atoms with van der Waals surface area (Å²) in [5.41, 5.74) is 3.57. The molecule has 0 saturated heterocycles. The molecular weight excluding hydrogens is 416 g/mol. The first-order valence-corrected chi connectivity index (χ1v) is 9.67. The van der Waals surface area contributed by atoms with Crippen LogP contribution in [-0.2, 0) is 0 Å². The molecule has 1 heterocycles. The van der Waals surface area contributed by atoms with Gasteiger partial charge in [-0.15, -0.1) is 11.3 Å². The Labute approximate surface area is 183 Å². The molecule has 0 fully saturated rings. The van der Waals surface area contributed by atoms with Crippen molar-refractivity contribution in [1.82, 2.24) is 10.7 Å². The normalized spacial score (nSPS) is 10.7. The Balaban J connectivity index is 1.93. The molecule has 3 rings (SSSR count). The number of benzene rings is 2. The van der Waals surface area contributed by atoms with Crippen LogP contribution in [0, 0.1) is 17.3 Å². The van der Waals surface area contributed by atoms with Crippen molar-refractivity contribution in [2.24, 2.45) is 5.10 Å². The van der Waals surface area contributed by atoms with E-state index in [2.05, 4.69) is 27.7 Å². The van der Waals surface area contributed by atoms with Gasteiger partial charge in [-0.3, -0.25) is 10.2 Å². The number of para-hydroxylation sites is 1. The fraction of sp³-hybridized carbons (Fsp3) is 0.0952. The molecule has 0 saturated carbocycles. The zero-order valence-electron chi connectivity index (χ0n) is 16.7. The first-order chi connectivity index (χ1) is 14.9. The van der Waals surface area contributed by atoms with Crippen LogP contribution >= 0.6 is 12.2 Å². The average Bonchev–Trinajstić information content (AvgIpc) is 2.77. The Morgan fingerprint density at radius 3 is 2.61 bits per heavy atom. The Hall–Kier alpha value is -4.05. The topological polar surface area (TPSA) is 119 Å². The van der Waals surface area contributed by atoms with Crippen molar-refractivity contribution in [2.75, 3.05) is 11.9 Å².